The summed E-state index contributed by atoms with van der Waals surface area (Å²) >= 11 is 5.84. The van der Waals surface area contributed by atoms with Crippen molar-refractivity contribution >= 4 is 11.6 Å². The molecular weight excluding hydrogens is 200 g/mol. The van der Waals surface area contributed by atoms with Crippen molar-refractivity contribution in [2.24, 2.45) is 5.92 Å². The van der Waals surface area contributed by atoms with Crippen molar-refractivity contribution in [1.82, 2.24) is 0 Å². The standard InChI is InChI=1S/C11H13ClO2/c1-8-4-10(12)2-3-11(8)14-7-9-5-13-6-9/h2-4,9H,5-7H2,1H3. The van der Waals surface area contributed by atoms with Crippen LogP contribution in [0.4, 0.5) is 0 Å². The molecular formula is C11H13ClO2. The monoisotopic (exact) mass is 212 g/mol. The Bertz CT molecular complexity index is 321. The van der Waals surface area contributed by atoms with Crippen LogP contribution in [-0.2, 0) is 4.74 Å². The van der Waals surface area contributed by atoms with Gasteiger partial charge in [0.25, 0.3) is 0 Å². The lowest BCUT2D eigenvalue weighted by molar-refractivity contribution is -0.0509. The Morgan fingerprint density at radius 3 is 2.86 bits per heavy atom. The topological polar surface area (TPSA) is 18.5 Å². The molecule has 0 atom stereocenters. The molecule has 3 heteroatoms. The Labute approximate surface area is 88.8 Å². The van der Waals surface area contributed by atoms with Crippen LogP contribution in [0.3, 0.4) is 0 Å². The number of rotatable bonds is 3. The Kier molecular flexibility index (Phi) is 2.94. The molecule has 2 rings (SSSR count). The Hall–Kier alpha value is -0.730. The third-order valence-corrected chi connectivity index (χ3v) is 2.55. The number of aryl methyl sites for hydroxylation is 1. The third-order valence-electron chi connectivity index (χ3n) is 2.32. The maximum atomic E-state index is 5.84. The van der Waals surface area contributed by atoms with Gasteiger partial charge in [0.15, 0.2) is 0 Å². The van der Waals surface area contributed by atoms with Gasteiger partial charge in [-0.3, -0.25) is 0 Å². The van der Waals surface area contributed by atoms with Crippen LogP contribution in [0.1, 0.15) is 5.56 Å². The van der Waals surface area contributed by atoms with Gasteiger partial charge in [0.1, 0.15) is 5.75 Å². The summed E-state index contributed by atoms with van der Waals surface area (Å²) in [5, 5.41) is 0.752. The molecule has 0 aliphatic carbocycles. The molecule has 76 valence electrons. The van der Waals surface area contributed by atoms with Crippen LogP contribution >= 0.6 is 11.6 Å². The van der Waals surface area contributed by atoms with Crippen LogP contribution in [-0.4, -0.2) is 19.8 Å². The van der Waals surface area contributed by atoms with E-state index in [0.717, 1.165) is 36.2 Å². The minimum absolute atomic E-state index is 0.560. The molecule has 14 heavy (non-hydrogen) atoms. The summed E-state index contributed by atoms with van der Waals surface area (Å²) in [7, 11) is 0. The van der Waals surface area contributed by atoms with E-state index in [1.54, 1.807) is 0 Å². The number of halogens is 1. The highest BCUT2D eigenvalue weighted by Crippen LogP contribution is 2.23. The fourth-order valence-electron chi connectivity index (χ4n) is 1.36. The molecule has 0 amide bonds. The first-order chi connectivity index (χ1) is 6.75. The smallest absolute Gasteiger partial charge is 0.122 e. The minimum atomic E-state index is 0.560. The van der Waals surface area contributed by atoms with E-state index in [-0.39, 0.29) is 0 Å². The summed E-state index contributed by atoms with van der Waals surface area (Å²) in [5.41, 5.74) is 1.08. The van der Waals surface area contributed by atoms with Crippen molar-refractivity contribution < 1.29 is 9.47 Å². The van der Waals surface area contributed by atoms with E-state index < -0.39 is 0 Å². The summed E-state index contributed by atoms with van der Waals surface area (Å²) in [6, 6.07) is 5.67. The van der Waals surface area contributed by atoms with E-state index in [1.165, 1.54) is 0 Å². The van der Waals surface area contributed by atoms with Gasteiger partial charge in [-0.25, -0.2) is 0 Å². The number of hydrogen-bond acceptors (Lipinski definition) is 2. The molecule has 2 nitrogen and oxygen atoms in total. The van der Waals surface area contributed by atoms with Gasteiger partial charge in [-0.2, -0.15) is 0 Å². The van der Waals surface area contributed by atoms with E-state index in [2.05, 4.69) is 0 Å². The Balaban J connectivity index is 1.94. The van der Waals surface area contributed by atoms with E-state index in [0.29, 0.717) is 5.92 Å². The molecule has 0 aromatic heterocycles. The predicted octanol–water partition coefficient (Wildman–Crippen LogP) is 2.67. The van der Waals surface area contributed by atoms with Gasteiger partial charge in [-0.05, 0) is 30.7 Å². The first-order valence-corrected chi connectivity index (χ1v) is 5.10. The lowest BCUT2D eigenvalue weighted by Crippen LogP contribution is -2.32. The zero-order valence-corrected chi connectivity index (χ0v) is 8.88. The van der Waals surface area contributed by atoms with E-state index in [1.807, 2.05) is 25.1 Å². The molecule has 1 saturated heterocycles. The van der Waals surface area contributed by atoms with Crippen LogP contribution in [0.25, 0.3) is 0 Å². The summed E-state index contributed by atoms with van der Waals surface area (Å²) in [6.07, 6.45) is 0. The van der Waals surface area contributed by atoms with Crippen LogP contribution < -0.4 is 4.74 Å². The first-order valence-electron chi connectivity index (χ1n) is 4.72. The van der Waals surface area contributed by atoms with E-state index >= 15 is 0 Å². The van der Waals surface area contributed by atoms with E-state index in [4.69, 9.17) is 21.1 Å². The highest BCUT2D eigenvalue weighted by molar-refractivity contribution is 6.30. The predicted molar refractivity (Wildman–Crippen MR) is 56.0 cm³/mol. The normalized spacial score (nSPS) is 16.4. The molecule has 1 aromatic rings. The van der Waals surface area contributed by atoms with Gasteiger partial charge in [0.2, 0.25) is 0 Å². The van der Waals surface area contributed by atoms with E-state index in [9.17, 15) is 0 Å². The molecule has 1 heterocycles. The second-order valence-corrected chi connectivity index (χ2v) is 4.06. The number of benzene rings is 1. The number of hydrogen-bond donors (Lipinski definition) is 0. The van der Waals surface area contributed by atoms with Crippen molar-refractivity contribution in [3.8, 4) is 5.75 Å². The van der Waals surface area contributed by atoms with Crippen LogP contribution in [0.15, 0.2) is 18.2 Å². The zero-order chi connectivity index (χ0) is 9.97. The van der Waals surface area contributed by atoms with Gasteiger partial charge in [0.05, 0.1) is 19.8 Å². The second kappa shape index (κ2) is 4.20. The summed E-state index contributed by atoms with van der Waals surface area (Å²) in [5.74, 6) is 1.48. The summed E-state index contributed by atoms with van der Waals surface area (Å²) < 4.78 is 10.7. The first kappa shape index (κ1) is 9.81. The molecule has 0 radical (unpaired) electrons. The highest BCUT2D eigenvalue weighted by atomic mass is 35.5. The molecule has 0 saturated carbocycles. The average Bonchev–Trinajstić information content (AvgIpc) is 2.05. The zero-order valence-electron chi connectivity index (χ0n) is 8.13. The maximum Gasteiger partial charge on any atom is 0.122 e. The van der Waals surface area contributed by atoms with Crippen molar-refractivity contribution in [3.05, 3.63) is 28.8 Å². The van der Waals surface area contributed by atoms with Crippen LogP contribution in [0, 0.1) is 12.8 Å². The highest BCUT2D eigenvalue weighted by Gasteiger charge is 2.19. The molecule has 1 fully saturated rings. The molecule has 1 aromatic carbocycles. The lowest BCUT2D eigenvalue weighted by Gasteiger charge is -2.26. The Morgan fingerprint density at radius 1 is 1.50 bits per heavy atom. The van der Waals surface area contributed by atoms with Crippen molar-refractivity contribution in [1.29, 1.82) is 0 Å². The molecule has 0 spiro atoms. The number of ether oxygens (including phenoxy) is 2. The third kappa shape index (κ3) is 2.20. The summed E-state index contributed by atoms with van der Waals surface area (Å²) in [6.45, 7) is 4.39. The van der Waals surface area contributed by atoms with Gasteiger partial charge < -0.3 is 9.47 Å². The van der Waals surface area contributed by atoms with Gasteiger partial charge in [-0.1, -0.05) is 11.6 Å². The average molecular weight is 213 g/mol. The molecule has 1 aliphatic heterocycles. The van der Waals surface area contributed by atoms with Crippen molar-refractivity contribution in [2.75, 3.05) is 19.8 Å². The SMILES string of the molecule is Cc1cc(Cl)ccc1OCC1COC1. The quantitative estimate of drug-likeness (QED) is 0.767. The fraction of sp³-hybridized carbons (Fsp3) is 0.455. The van der Waals surface area contributed by atoms with Gasteiger partial charge in [0, 0.05) is 10.9 Å². The second-order valence-electron chi connectivity index (χ2n) is 3.62. The minimum Gasteiger partial charge on any atom is -0.493 e. The van der Waals surface area contributed by atoms with Crippen molar-refractivity contribution in [3.63, 3.8) is 0 Å². The molecule has 0 bridgehead atoms. The molecule has 1 aliphatic rings. The van der Waals surface area contributed by atoms with Gasteiger partial charge in [-0.15, -0.1) is 0 Å². The summed E-state index contributed by atoms with van der Waals surface area (Å²) in [4.78, 5) is 0. The maximum absolute atomic E-state index is 5.84. The van der Waals surface area contributed by atoms with Crippen molar-refractivity contribution in [2.45, 2.75) is 6.92 Å². The largest absolute Gasteiger partial charge is 0.493 e. The fourth-order valence-corrected chi connectivity index (χ4v) is 1.59. The van der Waals surface area contributed by atoms with Crippen LogP contribution in [0.5, 0.6) is 5.75 Å². The lowest BCUT2D eigenvalue weighted by atomic mass is 10.1. The molecule has 0 N–H and O–H groups in total. The Morgan fingerprint density at radius 2 is 2.29 bits per heavy atom. The van der Waals surface area contributed by atoms with Crippen LogP contribution in [0.2, 0.25) is 5.02 Å². The molecule has 0 unspecified atom stereocenters. The van der Waals surface area contributed by atoms with Gasteiger partial charge >= 0.3 is 0 Å².